The van der Waals surface area contributed by atoms with Gasteiger partial charge >= 0.3 is 6.03 Å². The number of urea groups is 1. The Hall–Kier alpha value is -3.16. The van der Waals surface area contributed by atoms with Crippen molar-refractivity contribution in [2.75, 3.05) is 7.05 Å². The summed E-state index contributed by atoms with van der Waals surface area (Å²) in [5.41, 5.74) is 1.16. The summed E-state index contributed by atoms with van der Waals surface area (Å²) in [6.07, 6.45) is 4.06. The van der Waals surface area contributed by atoms with Crippen LogP contribution in [-0.2, 0) is 22.7 Å². The lowest BCUT2D eigenvalue weighted by Gasteiger charge is -2.18. The highest BCUT2D eigenvalue weighted by atomic mass is 16.2. The fourth-order valence-corrected chi connectivity index (χ4v) is 2.84. The molecule has 136 valence electrons. The third kappa shape index (κ3) is 4.27. The lowest BCUT2D eigenvalue weighted by Crippen LogP contribution is -2.33. The summed E-state index contributed by atoms with van der Waals surface area (Å²) >= 11 is 0. The van der Waals surface area contributed by atoms with Crippen LogP contribution < -0.4 is 10.6 Å². The second-order valence-corrected chi connectivity index (χ2v) is 6.26. The Morgan fingerprint density at radius 1 is 1.27 bits per heavy atom. The van der Waals surface area contributed by atoms with Gasteiger partial charge in [0, 0.05) is 32.4 Å². The fourth-order valence-electron chi connectivity index (χ4n) is 2.84. The Labute approximate surface area is 151 Å². The van der Waals surface area contributed by atoms with Gasteiger partial charge in [0.25, 0.3) is 5.91 Å². The van der Waals surface area contributed by atoms with Crippen LogP contribution in [0.3, 0.4) is 0 Å². The van der Waals surface area contributed by atoms with Gasteiger partial charge in [0.05, 0.1) is 6.54 Å². The number of amides is 4. The molecule has 1 aliphatic rings. The van der Waals surface area contributed by atoms with Gasteiger partial charge in [0.1, 0.15) is 11.9 Å². The molecule has 2 aromatic rings. The van der Waals surface area contributed by atoms with Crippen LogP contribution in [0.5, 0.6) is 0 Å². The molecule has 3 rings (SSSR count). The number of imide groups is 1. The van der Waals surface area contributed by atoms with Gasteiger partial charge < -0.3 is 14.8 Å². The van der Waals surface area contributed by atoms with Gasteiger partial charge in [-0.05, 0) is 12.0 Å². The van der Waals surface area contributed by atoms with Gasteiger partial charge in [-0.1, -0.05) is 30.3 Å². The predicted molar refractivity (Wildman–Crippen MR) is 93.9 cm³/mol. The summed E-state index contributed by atoms with van der Waals surface area (Å²) in [6.45, 7) is 1.06. The highest BCUT2D eigenvalue weighted by molar-refractivity contribution is 6.04. The van der Waals surface area contributed by atoms with Crippen LogP contribution in [-0.4, -0.2) is 45.4 Å². The lowest BCUT2D eigenvalue weighted by molar-refractivity contribution is -0.130. The molecule has 1 atom stereocenters. The normalized spacial score (nSPS) is 16.3. The highest BCUT2D eigenvalue weighted by Gasteiger charge is 2.29. The van der Waals surface area contributed by atoms with Gasteiger partial charge in [-0.2, -0.15) is 0 Å². The van der Waals surface area contributed by atoms with E-state index < -0.39 is 12.1 Å². The standard InChI is InChI=1S/C18H21N5O3/c1-22(16(24)8-7-14-17(25)21-18(26)20-14)12-15-19-9-10-23(15)11-13-5-3-2-4-6-13/h2-6,9-10,14H,7-8,11-12H2,1H3,(H2,20,21,25,26)/t14-/m0/s1. The minimum absolute atomic E-state index is 0.104. The molecule has 1 aliphatic heterocycles. The number of imidazole rings is 1. The van der Waals surface area contributed by atoms with Crippen molar-refractivity contribution in [3.05, 3.63) is 54.1 Å². The Morgan fingerprint density at radius 3 is 2.73 bits per heavy atom. The van der Waals surface area contributed by atoms with Gasteiger partial charge in [-0.3, -0.25) is 14.9 Å². The molecule has 0 aliphatic carbocycles. The third-order valence-electron chi connectivity index (χ3n) is 4.31. The van der Waals surface area contributed by atoms with E-state index in [1.165, 1.54) is 0 Å². The van der Waals surface area contributed by atoms with E-state index in [1.54, 1.807) is 18.1 Å². The van der Waals surface area contributed by atoms with Gasteiger partial charge in [-0.15, -0.1) is 0 Å². The predicted octanol–water partition coefficient (Wildman–Crippen LogP) is 0.878. The van der Waals surface area contributed by atoms with Gasteiger partial charge in [0.2, 0.25) is 5.91 Å². The minimum atomic E-state index is -0.639. The zero-order chi connectivity index (χ0) is 18.5. The molecule has 1 fully saturated rings. The number of benzene rings is 1. The summed E-state index contributed by atoms with van der Waals surface area (Å²) in [5.74, 6) is 0.300. The van der Waals surface area contributed by atoms with Crippen molar-refractivity contribution in [2.24, 2.45) is 0 Å². The number of nitrogens with zero attached hydrogens (tertiary/aromatic N) is 3. The van der Waals surface area contributed by atoms with Crippen molar-refractivity contribution in [2.45, 2.75) is 32.0 Å². The smallest absolute Gasteiger partial charge is 0.322 e. The quantitative estimate of drug-likeness (QED) is 0.721. The van der Waals surface area contributed by atoms with Crippen LogP contribution in [0.25, 0.3) is 0 Å². The van der Waals surface area contributed by atoms with Crippen molar-refractivity contribution in [3.8, 4) is 0 Å². The molecule has 0 radical (unpaired) electrons. The van der Waals surface area contributed by atoms with Gasteiger partial charge in [0.15, 0.2) is 0 Å². The molecule has 1 aromatic carbocycles. The number of carbonyl (C=O) groups excluding carboxylic acids is 3. The fraction of sp³-hybridized carbons (Fsp3) is 0.333. The number of rotatable bonds is 7. The van der Waals surface area contributed by atoms with E-state index in [0.717, 1.165) is 11.4 Å². The van der Waals surface area contributed by atoms with Crippen LogP contribution in [0.2, 0.25) is 0 Å². The molecule has 2 heterocycles. The van der Waals surface area contributed by atoms with Gasteiger partial charge in [-0.25, -0.2) is 9.78 Å². The number of nitrogens with one attached hydrogen (secondary N) is 2. The molecule has 1 aromatic heterocycles. The molecule has 4 amide bonds. The summed E-state index contributed by atoms with van der Waals surface area (Å²) < 4.78 is 2.00. The van der Waals surface area contributed by atoms with E-state index in [9.17, 15) is 14.4 Å². The molecular weight excluding hydrogens is 334 g/mol. The maximum absolute atomic E-state index is 12.3. The number of carbonyl (C=O) groups is 3. The van der Waals surface area contributed by atoms with E-state index in [-0.39, 0.29) is 24.7 Å². The van der Waals surface area contributed by atoms with Crippen molar-refractivity contribution in [1.29, 1.82) is 0 Å². The largest absolute Gasteiger partial charge is 0.338 e. The van der Waals surface area contributed by atoms with Crippen LogP contribution in [0.4, 0.5) is 4.79 Å². The van der Waals surface area contributed by atoms with E-state index in [0.29, 0.717) is 13.1 Å². The number of hydrogen-bond donors (Lipinski definition) is 2. The molecule has 26 heavy (non-hydrogen) atoms. The molecular formula is C18H21N5O3. The Morgan fingerprint density at radius 2 is 2.04 bits per heavy atom. The molecule has 8 nitrogen and oxygen atoms in total. The van der Waals surface area contributed by atoms with Crippen LogP contribution >= 0.6 is 0 Å². The lowest BCUT2D eigenvalue weighted by atomic mass is 10.1. The molecule has 0 bridgehead atoms. The topological polar surface area (TPSA) is 96.3 Å². The first-order valence-electron chi connectivity index (χ1n) is 8.42. The average Bonchev–Trinajstić information content (AvgIpc) is 3.19. The Kier molecular flexibility index (Phi) is 5.31. The molecule has 8 heteroatoms. The third-order valence-corrected chi connectivity index (χ3v) is 4.31. The second kappa shape index (κ2) is 7.81. The minimum Gasteiger partial charge on any atom is -0.338 e. The highest BCUT2D eigenvalue weighted by Crippen LogP contribution is 2.10. The molecule has 0 saturated carbocycles. The SMILES string of the molecule is CN(Cc1nccn1Cc1ccccc1)C(=O)CC[C@@H]1NC(=O)NC1=O. The Bertz CT molecular complexity index is 802. The van der Waals surface area contributed by atoms with Crippen LogP contribution in [0.15, 0.2) is 42.7 Å². The van der Waals surface area contributed by atoms with Crippen molar-refractivity contribution in [3.63, 3.8) is 0 Å². The zero-order valence-corrected chi connectivity index (χ0v) is 14.5. The summed E-state index contributed by atoms with van der Waals surface area (Å²) in [7, 11) is 1.71. The average molecular weight is 355 g/mol. The first kappa shape index (κ1) is 17.7. The molecule has 1 saturated heterocycles. The summed E-state index contributed by atoms with van der Waals surface area (Å²) in [6, 6.07) is 8.87. The summed E-state index contributed by atoms with van der Waals surface area (Å²) in [5, 5.41) is 4.65. The van der Waals surface area contributed by atoms with Crippen molar-refractivity contribution < 1.29 is 14.4 Å². The Balaban J connectivity index is 1.54. The van der Waals surface area contributed by atoms with Crippen molar-refractivity contribution >= 4 is 17.8 Å². The molecule has 2 N–H and O–H groups in total. The van der Waals surface area contributed by atoms with E-state index in [1.807, 2.05) is 41.1 Å². The maximum atomic E-state index is 12.3. The van der Waals surface area contributed by atoms with Crippen LogP contribution in [0.1, 0.15) is 24.2 Å². The van der Waals surface area contributed by atoms with E-state index in [4.69, 9.17) is 0 Å². The monoisotopic (exact) mass is 355 g/mol. The molecule has 0 spiro atoms. The number of aromatic nitrogens is 2. The molecule has 0 unspecified atom stereocenters. The number of hydrogen-bond acceptors (Lipinski definition) is 4. The van der Waals surface area contributed by atoms with Crippen LogP contribution in [0, 0.1) is 0 Å². The first-order chi connectivity index (χ1) is 12.5. The first-order valence-corrected chi connectivity index (χ1v) is 8.42. The van der Waals surface area contributed by atoms with E-state index in [2.05, 4.69) is 15.6 Å². The summed E-state index contributed by atoms with van der Waals surface area (Å²) in [4.78, 5) is 40.9. The van der Waals surface area contributed by atoms with E-state index >= 15 is 0 Å². The maximum Gasteiger partial charge on any atom is 0.322 e. The second-order valence-electron chi connectivity index (χ2n) is 6.26. The zero-order valence-electron chi connectivity index (χ0n) is 14.5. The van der Waals surface area contributed by atoms with Crippen molar-refractivity contribution in [1.82, 2.24) is 25.1 Å².